The first-order valence-electron chi connectivity index (χ1n) is 5.74. The molecule has 0 saturated heterocycles. The highest BCUT2D eigenvalue weighted by molar-refractivity contribution is 8.13. The lowest BCUT2D eigenvalue weighted by Gasteiger charge is -2.24. The van der Waals surface area contributed by atoms with Crippen LogP contribution in [0.3, 0.4) is 0 Å². The molecule has 0 saturated carbocycles. The Hall–Kier alpha value is -1.21. The molecule has 0 heterocycles. The molecule has 0 spiro atoms. The molecule has 8 heteroatoms. The van der Waals surface area contributed by atoms with Gasteiger partial charge < -0.3 is 5.32 Å². The van der Waals surface area contributed by atoms with Crippen LogP contribution in [-0.4, -0.2) is 19.9 Å². The molecule has 0 bridgehead atoms. The fourth-order valence-corrected chi connectivity index (χ4v) is 2.10. The summed E-state index contributed by atoms with van der Waals surface area (Å²) in [6, 6.07) is 1.14. The van der Waals surface area contributed by atoms with Crippen molar-refractivity contribution in [1.82, 2.24) is 5.32 Å². The minimum Gasteiger partial charge on any atom is -0.347 e. The second kappa shape index (κ2) is 5.65. The van der Waals surface area contributed by atoms with Crippen molar-refractivity contribution in [2.45, 2.75) is 37.6 Å². The molecule has 0 atom stereocenters. The number of carbonyl (C=O) groups is 1. The number of carbonyl (C=O) groups excluding carboxylic acids is 1. The summed E-state index contributed by atoms with van der Waals surface area (Å²) in [5, 5.41) is 2.49. The first kappa shape index (κ1) is 16.8. The second-order valence-electron chi connectivity index (χ2n) is 4.90. The second-order valence-corrected chi connectivity index (χ2v) is 7.46. The molecule has 0 fully saturated rings. The third-order valence-electron chi connectivity index (χ3n) is 2.86. The SMILES string of the molecule is CCC(C)(C)NC(=O)c1cc(S(=O)(=O)Cl)cc(F)c1F. The van der Waals surface area contributed by atoms with E-state index in [1.165, 1.54) is 0 Å². The summed E-state index contributed by atoms with van der Waals surface area (Å²) in [7, 11) is 0.810. The smallest absolute Gasteiger partial charge is 0.261 e. The molecule has 4 nitrogen and oxygen atoms in total. The zero-order valence-corrected chi connectivity index (χ0v) is 12.7. The van der Waals surface area contributed by atoms with Crippen molar-refractivity contribution in [3.8, 4) is 0 Å². The van der Waals surface area contributed by atoms with Gasteiger partial charge in [0, 0.05) is 16.2 Å². The highest BCUT2D eigenvalue weighted by Gasteiger charge is 2.25. The summed E-state index contributed by atoms with van der Waals surface area (Å²) < 4.78 is 49.3. The molecule has 1 aromatic carbocycles. The van der Waals surface area contributed by atoms with Crippen LogP contribution in [0.1, 0.15) is 37.6 Å². The van der Waals surface area contributed by atoms with Crippen molar-refractivity contribution in [3.05, 3.63) is 29.3 Å². The fourth-order valence-electron chi connectivity index (χ4n) is 1.33. The summed E-state index contributed by atoms with van der Waals surface area (Å²) in [5.74, 6) is -3.78. The minimum absolute atomic E-state index is 0.430. The van der Waals surface area contributed by atoms with Gasteiger partial charge in [-0.25, -0.2) is 17.2 Å². The molecular formula is C12H14ClF2NO3S. The lowest BCUT2D eigenvalue weighted by atomic mass is 10.0. The predicted molar refractivity (Wildman–Crippen MR) is 71.2 cm³/mol. The molecular weight excluding hydrogens is 312 g/mol. The molecule has 0 aromatic heterocycles. The van der Waals surface area contributed by atoms with Crippen molar-refractivity contribution < 1.29 is 22.0 Å². The van der Waals surface area contributed by atoms with E-state index in [1.807, 2.05) is 0 Å². The number of hydrogen-bond donors (Lipinski definition) is 1. The van der Waals surface area contributed by atoms with Crippen molar-refractivity contribution in [3.63, 3.8) is 0 Å². The maximum Gasteiger partial charge on any atom is 0.261 e. The van der Waals surface area contributed by atoms with E-state index in [2.05, 4.69) is 5.32 Å². The third-order valence-corrected chi connectivity index (χ3v) is 4.20. The topological polar surface area (TPSA) is 63.2 Å². The maximum atomic E-state index is 13.6. The summed E-state index contributed by atoms with van der Waals surface area (Å²) in [6.45, 7) is 5.19. The molecule has 1 amide bonds. The Balaban J connectivity index is 3.31. The number of benzene rings is 1. The van der Waals surface area contributed by atoms with E-state index in [9.17, 15) is 22.0 Å². The highest BCUT2D eigenvalue weighted by atomic mass is 35.7. The van der Waals surface area contributed by atoms with Gasteiger partial charge in [-0.1, -0.05) is 6.92 Å². The van der Waals surface area contributed by atoms with Gasteiger partial charge in [0.1, 0.15) is 0 Å². The van der Waals surface area contributed by atoms with Gasteiger partial charge in [-0.2, -0.15) is 0 Å². The van der Waals surface area contributed by atoms with Gasteiger partial charge in [-0.15, -0.1) is 0 Å². The van der Waals surface area contributed by atoms with Gasteiger partial charge in [-0.3, -0.25) is 4.79 Å². The molecule has 0 aliphatic heterocycles. The molecule has 0 aliphatic rings. The molecule has 0 radical (unpaired) electrons. The van der Waals surface area contributed by atoms with Gasteiger partial charge in [0.25, 0.3) is 15.0 Å². The molecule has 1 aromatic rings. The lowest BCUT2D eigenvalue weighted by molar-refractivity contribution is 0.0905. The van der Waals surface area contributed by atoms with Crippen LogP contribution >= 0.6 is 10.7 Å². The molecule has 20 heavy (non-hydrogen) atoms. The van der Waals surface area contributed by atoms with Crippen LogP contribution < -0.4 is 5.32 Å². The van der Waals surface area contributed by atoms with Crippen molar-refractivity contribution in [2.24, 2.45) is 0 Å². The molecule has 1 N–H and O–H groups in total. The van der Waals surface area contributed by atoms with E-state index in [4.69, 9.17) is 10.7 Å². The maximum absolute atomic E-state index is 13.6. The molecule has 1 rings (SSSR count). The number of rotatable bonds is 4. The average molecular weight is 326 g/mol. The lowest BCUT2D eigenvalue weighted by Crippen LogP contribution is -2.43. The Morgan fingerprint density at radius 2 is 1.90 bits per heavy atom. The average Bonchev–Trinajstić information content (AvgIpc) is 2.30. The van der Waals surface area contributed by atoms with Crippen LogP contribution in [-0.2, 0) is 9.05 Å². The van der Waals surface area contributed by atoms with E-state index in [-0.39, 0.29) is 0 Å². The first-order chi connectivity index (χ1) is 8.98. The number of nitrogens with one attached hydrogen (secondary N) is 1. The quantitative estimate of drug-likeness (QED) is 0.866. The van der Waals surface area contributed by atoms with Crippen molar-refractivity contribution in [2.75, 3.05) is 0 Å². The van der Waals surface area contributed by atoms with Gasteiger partial charge in [0.2, 0.25) is 0 Å². The number of amides is 1. The molecule has 0 unspecified atom stereocenters. The third kappa shape index (κ3) is 3.89. The van der Waals surface area contributed by atoms with E-state index in [0.29, 0.717) is 18.6 Å². The fraction of sp³-hybridized carbons (Fsp3) is 0.417. The van der Waals surface area contributed by atoms with Crippen molar-refractivity contribution in [1.29, 1.82) is 0 Å². The zero-order valence-electron chi connectivity index (χ0n) is 11.1. The van der Waals surface area contributed by atoms with E-state index < -0.39 is 42.6 Å². The highest BCUT2D eigenvalue weighted by Crippen LogP contribution is 2.22. The van der Waals surface area contributed by atoms with Crippen molar-refractivity contribution >= 4 is 25.6 Å². The summed E-state index contributed by atoms with van der Waals surface area (Å²) >= 11 is 0. The van der Waals surface area contributed by atoms with Crippen LogP contribution in [0.25, 0.3) is 0 Å². The Labute approximate surface area is 120 Å². The van der Waals surface area contributed by atoms with E-state index in [0.717, 1.165) is 0 Å². The first-order valence-corrected chi connectivity index (χ1v) is 8.05. The monoisotopic (exact) mass is 325 g/mol. The van der Waals surface area contributed by atoms with E-state index >= 15 is 0 Å². The number of halogens is 3. The Kier molecular flexibility index (Phi) is 4.76. The Morgan fingerprint density at radius 1 is 1.35 bits per heavy atom. The summed E-state index contributed by atoms with van der Waals surface area (Å²) in [5.41, 5.74) is -1.35. The van der Waals surface area contributed by atoms with E-state index in [1.54, 1.807) is 20.8 Å². The largest absolute Gasteiger partial charge is 0.347 e. The number of hydrogen-bond acceptors (Lipinski definition) is 3. The van der Waals surface area contributed by atoms with Crippen LogP contribution in [0.4, 0.5) is 8.78 Å². The minimum atomic E-state index is -4.26. The Morgan fingerprint density at radius 3 is 2.35 bits per heavy atom. The Bertz CT molecular complexity index is 644. The normalized spacial score (nSPS) is 12.3. The van der Waals surface area contributed by atoms with Gasteiger partial charge in [-0.05, 0) is 32.4 Å². The van der Waals surface area contributed by atoms with Crippen LogP contribution in [0.15, 0.2) is 17.0 Å². The summed E-state index contributed by atoms with van der Waals surface area (Å²) in [6.07, 6.45) is 0.552. The molecule has 112 valence electrons. The zero-order chi connectivity index (χ0) is 15.7. The molecule has 0 aliphatic carbocycles. The van der Waals surface area contributed by atoms with Crippen LogP contribution in [0.2, 0.25) is 0 Å². The standard InChI is InChI=1S/C12H14ClF2NO3S/c1-4-12(2,3)16-11(17)8-5-7(20(13,18)19)6-9(14)10(8)15/h5-6H,4H2,1-3H3,(H,16,17). The predicted octanol–water partition coefficient (Wildman–Crippen LogP) is 2.81. The van der Waals surface area contributed by atoms with Gasteiger partial charge >= 0.3 is 0 Å². The van der Waals surface area contributed by atoms with Gasteiger partial charge in [0.05, 0.1) is 10.5 Å². The van der Waals surface area contributed by atoms with Gasteiger partial charge in [0.15, 0.2) is 11.6 Å². The van der Waals surface area contributed by atoms with Crippen LogP contribution in [0.5, 0.6) is 0 Å². The van der Waals surface area contributed by atoms with Crippen LogP contribution in [0, 0.1) is 11.6 Å². The summed E-state index contributed by atoms with van der Waals surface area (Å²) in [4.78, 5) is 11.2.